The highest BCUT2D eigenvalue weighted by molar-refractivity contribution is 7.14. The molecule has 0 atom stereocenters. The van der Waals surface area contributed by atoms with Crippen molar-refractivity contribution in [2.75, 3.05) is 32.2 Å². The number of carbonyl (C=O) groups is 1. The van der Waals surface area contributed by atoms with Gasteiger partial charge in [-0.2, -0.15) is 0 Å². The SMILES string of the molecule is COCCOCC(=O)Nc1nc(-c2cccc3ccccc23)cs1. The van der Waals surface area contributed by atoms with Crippen molar-refractivity contribution in [3.05, 3.63) is 47.8 Å². The van der Waals surface area contributed by atoms with Crippen LogP contribution in [0.4, 0.5) is 5.13 Å². The van der Waals surface area contributed by atoms with Gasteiger partial charge in [-0.05, 0) is 10.8 Å². The molecule has 1 amide bonds. The van der Waals surface area contributed by atoms with Crippen LogP contribution in [0.15, 0.2) is 47.8 Å². The largest absolute Gasteiger partial charge is 0.382 e. The molecule has 1 aromatic heterocycles. The summed E-state index contributed by atoms with van der Waals surface area (Å²) in [5.41, 5.74) is 1.91. The van der Waals surface area contributed by atoms with E-state index in [1.807, 2.05) is 29.6 Å². The molecule has 0 aliphatic carbocycles. The highest BCUT2D eigenvalue weighted by atomic mass is 32.1. The number of hydrogen-bond donors (Lipinski definition) is 1. The molecule has 0 saturated heterocycles. The Morgan fingerprint density at radius 3 is 2.88 bits per heavy atom. The van der Waals surface area contributed by atoms with Crippen molar-refractivity contribution in [2.24, 2.45) is 0 Å². The van der Waals surface area contributed by atoms with Crippen LogP contribution in [0, 0.1) is 0 Å². The number of carbonyl (C=O) groups excluding carboxylic acids is 1. The van der Waals surface area contributed by atoms with Crippen LogP contribution in [-0.2, 0) is 14.3 Å². The van der Waals surface area contributed by atoms with Gasteiger partial charge in [-0.1, -0.05) is 42.5 Å². The molecule has 24 heavy (non-hydrogen) atoms. The van der Waals surface area contributed by atoms with Crippen molar-refractivity contribution in [1.82, 2.24) is 4.98 Å². The van der Waals surface area contributed by atoms with E-state index in [-0.39, 0.29) is 12.5 Å². The normalized spacial score (nSPS) is 10.9. The Morgan fingerprint density at radius 1 is 1.17 bits per heavy atom. The maximum atomic E-state index is 11.8. The zero-order valence-electron chi connectivity index (χ0n) is 13.3. The van der Waals surface area contributed by atoms with Gasteiger partial charge in [0, 0.05) is 18.1 Å². The van der Waals surface area contributed by atoms with Crippen molar-refractivity contribution < 1.29 is 14.3 Å². The summed E-state index contributed by atoms with van der Waals surface area (Å²) in [7, 11) is 1.59. The van der Waals surface area contributed by atoms with Gasteiger partial charge in [-0.3, -0.25) is 10.1 Å². The number of hydrogen-bond acceptors (Lipinski definition) is 5. The molecule has 0 aliphatic rings. The fourth-order valence-electron chi connectivity index (χ4n) is 2.37. The van der Waals surface area contributed by atoms with Gasteiger partial charge in [0.25, 0.3) is 5.91 Å². The molecular formula is C18H18N2O3S. The minimum absolute atomic E-state index is 0.00740. The van der Waals surface area contributed by atoms with Crippen LogP contribution in [0.2, 0.25) is 0 Å². The number of aromatic nitrogens is 1. The second kappa shape index (κ2) is 8.01. The number of nitrogens with zero attached hydrogens (tertiary/aromatic N) is 1. The average Bonchev–Trinajstić information content (AvgIpc) is 3.06. The molecule has 3 aromatic rings. The Labute approximate surface area is 144 Å². The van der Waals surface area contributed by atoms with Crippen LogP contribution < -0.4 is 5.32 Å². The predicted octanol–water partition coefficient (Wildman–Crippen LogP) is 3.56. The van der Waals surface area contributed by atoms with Crippen LogP contribution in [0.25, 0.3) is 22.0 Å². The van der Waals surface area contributed by atoms with Crippen molar-refractivity contribution in [1.29, 1.82) is 0 Å². The fourth-order valence-corrected chi connectivity index (χ4v) is 3.09. The Bertz CT molecular complexity index is 827. The number of fused-ring (bicyclic) bond motifs is 1. The van der Waals surface area contributed by atoms with E-state index in [4.69, 9.17) is 9.47 Å². The summed E-state index contributed by atoms with van der Waals surface area (Å²) < 4.78 is 10.1. The van der Waals surface area contributed by atoms with E-state index in [0.717, 1.165) is 16.6 Å². The van der Waals surface area contributed by atoms with E-state index in [1.165, 1.54) is 16.7 Å². The molecule has 0 unspecified atom stereocenters. The van der Waals surface area contributed by atoms with Gasteiger partial charge in [-0.25, -0.2) is 4.98 Å². The fraction of sp³-hybridized carbons (Fsp3) is 0.222. The molecule has 1 N–H and O–H groups in total. The first-order valence-electron chi connectivity index (χ1n) is 7.58. The Morgan fingerprint density at radius 2 is 2.00 bits per heavy atom. The molecule has 3 rings (SSSR count). The van der Waals surface area contributed by atoms with Gasteiger partial charge in [-0.15, -0.1) is 11.3 Å². The quantitative estimate of drug-likeness (QED) is 0.667. The van der Waals surface area contributed by atoms with Gasteiger partial charge in [0.1, 0.15) is 6.61 Å². The lowest BCUT2D eigenvalue weighted by atomic mass is 10.0. The van der Waals surface area contributed by atoms with Crippen molar-refractivity contribution in [3.63, 3.8) is 0 Å². The molecule has 0 fully saturated rings. The van der Waals surface area contributed by atoms with Crippen molar-refractivity contribution in [3.8, 4) is 11.3 Å². The lowest BCUT2D eigenvalue weighted by molar-refractivity contribution is -0.121. The number of amides is 1. The third-order valence-electron chi connectivity index (χ3n) is 3.48. The van der Waals surface area contributed by atoms with Crippen molar-refractivity contribution >= 4 is 33.1 Å². The van der Waals surface area contributed by atoms with Crippen LogP contribution in [0.3, 0.4) is 0 Å². The standard InChI is InChI=1S/C18H18N2O3S/c1-22-9-10-23-11-17(21)20-18-19-16(12-24-18)15-8-4-6-13-5-2-3-7-14(13)15/h2-8,12H,9-11H2,1H3,(H,19,20,21). The Balaban J connectivity index is 1.70. The minimum Gasteiger partial charge on any atom is -0.382 e. The van der Waals surface area contributed by atoms with Gasteiger partial charge < -0.3 is 9.47 Å². The summed E-state index contributed by atoms with van der Waals surface area (Å²) in [5.74, 6) is -0.218. The molecule has 5 nitrogen and oxygen atoms in total. The van der Waals surface area contributed by atoms with E-state index < -0.39 is 0 Å². The van der Waals surface area contributed by atoms with Crippen LogP contribution in [0.1, 0.15) is 0 Å². The second-order valence-corrected chi connectivity index (χ2v) is 6.02. The number of nitrogens with one attached hydrogen (secondary N) is 1. The zero-order valence-corrected chi connectivity index (χ0v) is 14.1. The Hall–Kier alpha value is -2.28. The highest BCUT2D eigenvalue weighted by Crippen LogP contribution is 2.30. The summed E-state index contributed by atoms with van der Waals surface area (Å²) in [6.07, 6.45) is 0. The van der Waals surface area contributed by atoms with E-state index in [1.54, 1.807) is 7.11 Å². The second-order valence-electron chi connectivity index (χ2n) is 5.16. The smallest absolute Gasteiger partial charge is 0.252 e. The number of methoxy groups -OCH3 is 1. The molecule has 2 aromatic carbocycles. The van der Waals surface area contributed by atoms with Crippen LogP contribution in [0.5, 0.6) is 0 Å². The first-order valence-corrected chi connectivity index (χ1v) is 8.46. The molecule has 0 aliphatic heterocycles. The number of thiazole rings is 1. The van der Waals surface area contributed by atoms with Gasteiger partial charge in [0.15, 0.2) is 5.13 Å². The third-order valence-corrected chi connectivity index (χ3v) is 4.24. The maximum Gasteiger partial charge on any atom is 0.252 e. The molecule has 124 valence electrons. The van der Waals surface area contributed by atoms with E-state index in [0.29, 0.717) is 18.3 Å². The van der Waals surface area contributed by atoms with E-state index in [9.17, 15) is 4.79 Å². The average molecular weight is 342 g/mol. The topological polar surface area (TPSA) is 60.5 Å². The molecule has 0 radical (unpaired) electrons. The monoisotopic (exact) mass is 342 g/mol. The van der Waals surface area contributed by atoms with E-state index in [2.05, 4.69) is 28.5 Å². The predicted molar refractivity (Wildman–Crippen MR) is 96.4 cm³/mol. The summed E-state index contributed by atoms with van der Waals surface area (Å²) >= 11 is 1.40. The number of anilines is 1. The molecule has 1 heterocycles. The van der Waals surface area contributed by atoms with Gasteiger partial charge >= 0.3 is 0 Å². The van der Waals surface area contributed by atoms with Crippen LogP contribution >= 0.6 is 11.3 Å². The van der Waals surface area contributed by atoms with Gasteiger partial charge in [0.05, 0.1) is 18.9 Å². The molecule has 6 heteroatoms. The van der Waals surface area contributed by atoms with Gasteiger partial charge in [0.2, 0.25) is 0 Å². The van der Waals surface area contributed by atoms with Crippen molar-refractivity contribution in [2.45, 2.75) is 0 Å². The lowest BCUT2D eigenvalue weighted by Gasteiger charge is -2.04. The molecule has 0 spiro atoms. The first kappa shape index (κ1) is 16.6. The van der Waals surface area contributed by atoms with E-state index >= 15 is 0 Å². The summed E-state index contributed by atoms with van der Waals surface area (Å²) in [4.78, 5) is 16.3. The highest BCUT2D eigenvalue weighted by Gasteiger charge is 2.10. The number of ether oxygens (including phenoxy) is 2. The minimum atomic E-state index is -0.218. The third kappa shape index (κ3) is 3.97. The number of benzene rings is 2. The lowest BCUT2D eigenvalue weighted by Crippen LogP contribution is -2.19. The zero-order chi connectivity index (χ0) is 16.8. The summed E-state index contributed by atoms with van der Waals surface area (Å²) in [6.45, 7) is 0.853. The summed E-state index contributed by atoms with van der Waals surface area (Å²) in [5, 5.41) is 7.59. The molecule has 0 saturated carbocycles. The Kier molecular flexibility index (Phi) is 5.53. The maximum absolute atomic E-state index is 11.8. The summed E-state index contributed by atoms with van der Waals surface area (Å²) in [6, 6.07) is 14.3. The molecule has 0 bridgehead atoms. The van der Waals surface area contributed by atoms with Crippen LogP contribution in [-0.4, -0.2) is 37.8 Å². The number of rotatable bonds is 7. The first-order chi connectivity index (χ1) is 11.8. The molecular weight excluding hydrogens is 324 g/mol.